The van der Waals surface area contributed by atoms with Crippen LogP contribution in [0.25, 0.3) is 11.5 Å². The smallest absolute Gasteiger partial charge is 0.277 e. The van der Waals surface area contributed by atoms with E-state index < -0.39 is 5.54 Å². The molecule has 25 heavy (non-hydrogen) atoms. The fourth-order valence-corrected chi connectivity index (χ4v) is 3.10. The van der Waals surface area contributed by atoms with E-state index in [1.807, 2.05) is 18.2 Å². The summed E-state index contributed by atoms with van der Waals surface area (Å²) in [6.45, 7) is 1.76. The molecule has 1 atom stereocenters. The Morgan fingerprint density at radius 2 is 2.24 bits per heavy atom. The van der Waals surface area contributed by atoms with Gasteiger partial charge in [0.25, 0.3) is 11.1 Å². The van der Waals surface area contributed by atoms with Gasteiger partial charge in [-0.15, -0.1) is 10.2 Å². The van der Waals surface area contributed by atoms with Crippen LogP contribution in [0, 0.1) is 17.2 Å². The monoisotopic (exact) mass is 358 g/mol. The molecule has 0 bridgehead atoms. The van der Waals surface area contributed by atoms with Crippen molar-refractivity contribution in [3.8, 4) is 23.3 Å². The van der Waals surface area contributed by atoms with Crippen molar-refractivity contribution in [2.24, 2.45) is 5.92 Å². The van der Waals surface area contributed by atoms with Crippen molar-refractivity contribution in [1.29, 1.82) is 5.26 Å². The maximum Gasteiger partial charge on any atom is 0.277 e. The molecule has 1 aliphatic carbocycles. The number of rotatable bonds is 7. The topological polar surface area (TPSA) is 101 Å². The highest BCUT2D eigenvalue weighted by Gasteiger charge is 2.42. The summed E-state index contributed by atoms with van der Waals surface area (Å²) in [5.74, 6) is 1.09. The molecule has 0 radical (unpaired) electrons. The van der Waals surface area contributed by atoms with Crippen molar-refractivity contribution in [2.75, 3.05) is 12.9 Å². The van der Waals surface area contributed by atoms with Gasteiger partial charge in [0.2, 0.25) is 5.91 Å². The van der Waals surface area contributed by atoms with Crippen molar-refractivity contribution in [1.82, 2.24) is 15.5 Å². The lowest BCUT2D eigenvalue weighted by Crippen LogP contribution is -2.47. The SMILES string of the molecule is COc1ccccc1-c1nnc(SCC(=O)NC(C)(C#N)C2CC2)o1. The quantitative estimate of drug-likeness (QED) is 0.759. The minimum absolute atomic E-state index is 0.109. The Hall–Kier alpha value is -2.53. The van der Waals surface area contributed by atoms with Gasteiger partial charge in [0.05, 0.1) is 24.5 Å². The van der Waals surface area contributed by atoms with E-state index in [0.29, 0.717) is 22.4 Å². The summed E-state index contributed by atoms with van der Waals surface area (Å²) < 4.78 is 10.9. The molecule has 7 nitrogen and oxygen atoms in total. The zero-order chi connectivity index (χ0) is 17.9. The second kappa shape index (κ2) is 7.15. The highest BCUT2D eigenvalue weighted by Crippen LogP contribution is 2.39. The minimum atomic E-state index is -0.797. The molecule has 2 aromatic rings. The van der Waals surface area contributed by atoms with Crippen LogP contribution in [-0.2, 0) is 4.79 Å². The molecule has 1 N–H and O–H groups in total. The van der Waals surface area contributed by atoms with Crippen LogP contribution >= 0.6 is 11.8 Å². The van der Waals surface area contributed by atoms with E-state index in [0.717, 1.165) is 24.6 Å². The van der Waals surface area contributed by atoms with Gasteiger partial charge in [0.15, 0.2) is 0 Å². The molecule has 0 spiro atoms. The molecular formula is C17H18N4O3S. The number of methoxy groups -OCH3 is 1. The summed E-state index contributed by atoms with van der Waals surface area (Å²) in [7, 11) is 1.57. The first kappa shape index (κ1) is 17.3. The number of benzene rings is 1. The van der Waals surface area contributed by atoms with Gasteiger partial charge in [-0.05, 0) is 37.8 Å². The van der Waals surface area contributed by atoms with E-state index in [4.69, 9.17) is 9.15 Å². The second-order valence-corrected chi connectivity index (χ2v) is 6.93. The molecule has 0 aliphatic heterocycles. The molecule has 130 valence electrons. The third kappa shape index (κ3) is 3.94. The maximum atomic E-state index is 12.1. The minimum Gasteiger partial charge on any atom is -0.496 e. The standard InChI is InChI=1S/C17H18N4O3S/c1-17(10-18,11-7-8-11)19-14(22)9-25-16-21-20-15(24-16)12-5-3-4-6-13(12)23-2/h3-6,11H,7-9H2,1-2H3,(H,19,22). The predicted octanol–water partition coefficient (Wildman–Crippen LogP) is 2.65. The van der Waals surface area contributed by atoms with Gasteiger partial charge in [0.1, 0.15) is 11.3 Å². The summed E-state index contributed by atoms with van der Waals surface area (Å²) in [6, 6.07) is 9.53. The number of aromatic nitrogens is 2. The number of ether oxygens (including phenoxy) is 1. The fourth-order valence-electron chi connectivity index (χ4n) is 2.53. The molecule has 1 saturated carbocycles. The molecule has 0 saturated heterocycles. The number of carbonyl (C=O) groups is 1. The largest absolute Gasteiger partial charge is 0.496 e. The summed E-state index contributed by atoms with van der Waals surface area (Å²) in [6.07, 6.45) is 1.95. The normalized spacial score (nSPS) is 15.9. The van der Waals surface area contributed by atoms with Gasteiger partial charge in [-0.3, -0.25) is 4.79 Å². The van der Waals surface area contributed by atoms with Crippen molar-refractivity contribution < 1.29 is 13.9 Å². The first-order valence-corrected chi connectivity index (χ1v) is 8.86. The number of nitriles is 1. The highest BCUT2D eigenvalue weighted by atomic mass is 32.2. The molecule has 8 heteroatoms. The second-order valence-electron chi connectivity index (χ2n) is 6.00. The van der Waals surface area contributed by atoms with Crippen molar-refractivity contribution >= 4 is 17.7 Å². The maximum absolute atomic E-state index is 12.1. The number of hydrogen-bond donors (Lipinski definition) is 1. The van der Waals surface area contributed by atoms with Crippen LogP contribution in [0.4, 0.5) is 0 Å². The third-order valence-electron chi connectivity index (χ3n) is 4.10. The summed E-state index contributed by atoms with van der Waals surface area (Å²) in [5.41, 5.74) is -0.103. The number of carbonyl (C=O) groups excluding carboxylic acids is 1. The lowest BCUT2D eigenvalue weighted by atomic mass is 9.98. The van der Waals surface area contributed by atoms with E-state index in [9.17, 15) is 10.1 Å². The van der Waals surface area contributed by atoms with Crippen LogP contribution in [0.5, 0.6) is 5.75 Å². The Bertz CT molecular complexity index is 812. The fraction of sp³-hybridized carbons (Fsp3) is 0.412. The van der Waals surface area contributed by atoms with E-state index in [1.54, 1.807) is 20.1 Å². The number of hydrogen-bond acceptors (Lipinski definition) is 7. The molecule has 1 aliphatic rings. The van der Waals surface area contributed by atoms with Gasteiger partial charge in [-0.2, -0.15) is 5.26 Å². The molecule has 1 amide bonds. The Morgan fingerprint density at radius 1 is 1.48 bits per heavy atom. The van der Waals surface area contributed by atoms with Crippen molar-refractivity contribution in [2.45, 2.75) is 30.5 Å². The number of thioether (sulfide) groups is 1. The molecule has 1 heterocycles. The highest BCUT2D eigenvalue weighted by molar-refractivity contribution is 7.99. The summed E-state index contributed by atoms with van der Waals surface area (Å²) >= 11 is 1.14. The first-order valence-electron chi connectivity index (χ1n) is 7.87. The van der Waals surface area contributed by atoms with Crippen LogP contribution in [0.3, 0.4) is 0 Å². The average molecular weight is 358 g/mol. The summed E-state index contributed by atoms with van der Waals surface area (Å²) in [4.78, 5) is 12.1. The van der Waals surface area contributed by atoms with E-state index >= 15 is 0 Å². The Labute approximate surface area is 149 Å². The number of para-hydroxylation sites is 1. The molecule has 1 fully saturated rings. The van der Waals surface area contributed by atoms with Gasteiger partial charge in [-0.1, -0.05) is 23.9 Å². The van der Waals surface area contributed by atoms with Crippen molar-refractivity contribution in [3.63, 3.8) is 0 Å². The van der Waals surface area contributed by atoms with Crippen LogP contribution < -0.4 is 10.1 Å². The van der Waals surface area contributed by atoms with Gasteiger partial charge in [-0.25, -0.2) is 0 Å². The number of nitrogens with zero attached hydrogens (tertiary/aromatic N) is 3. The van der Waals surface area contributed by atoms with E-state index in [1.165, 1.54) is 0 Å². The zero-order valence-corrected chi connectivity index (χ0v) is 14.8. The van der Waals surface area contributed by atoms with E-state index in [2.05, 4.69) is 21.6 Å². The van der Waals surface area contributed by atoms with Crippen LogP contribution in [-0.4, -0.2) is 34.5 Å². The Morgan fingerprint density at radius 3 is 2.92 bits per heavy atom. The average Bonchev–Trinajstić information content (AvgIpc) is 3.39. The van der Waals surface area contributed by atoms with Gasteiger partial charge >= 0.3 is 0 Å². The first-order chi connectivity index (χ1) is 12.1. The van der Waals surface area contributed by atoms with Gasteiger partial charge in [0, 0.05) is 0 Å². The van der Waals surface area contributed by atoms with Crippen LogP contribution in [0.1, 0.15) is 19.8 Å². The lowest BCUT2D eigenvalue weighted by molar-refractivity contribution is -0.119. The van der Waals surface area contributed by atoms with Crippen molar-refractivity contribution in [3.05, 3.63) is 24.3 Å². The molecule has 1 unspecified atom stereocenters. The predicted molar refractivity (Wildman–Crippen MR) is 91.9 cm³/mol. The number of amides is 1. The Balaban J connectivity index is 1.60. The van der Waals surface area contributed by atoms with Crippen LogP contribution in [0.2, 0.25) is 0 Å². The third-order valence-corrected chi connectivity index (χ3v) is 4.91. The number of nitrogens with one attached hydrogen (secondary N) is 1. The molecular weight excluding hydrogens is 340 g/mol. The summed E-state index contributed by atoms with van der Waals surface area (Å²) in [5, 5.41) is 20.3. The molecule has 3 rings (SSSR count). The lowest BCUT2D eigenvalue weighted by Gasteiger charge is -2.22. The van der Waals surface area contributed by atoms with E-state index in [-0.39, 0.29) is 17.6 Å². The zero-order valence-electron chi connectivity index (χ0n) is 14.0. The van der Waals surface area contributed by atoms with Crippen LogP contribution in [0.15, 0.2) is 33.9 Å². The van der Waals surface area contributed by atoms with Gasteiger partial charge < -0.3 is 14.5 Å². The molecule has 1 aromatic heterocycles. The Kier molecular flexibility index (Phi) is 4.95. The molecule has 1 aromatic carbocycles.